The molecule has 0 heterocycles. The second-order valence-electron chi connectivity index (χ2n) is 4.78. The van der Waals surface area contributed by atoms with Crippen LogP contribution < -0.4 is 0 Å². The second-order valence-corrected chi connectivity index (χ2v) is 4.78. The van der Waals surface area contributed by atoms with Crippen LogP contribution in [0.25, 0.3) is 0 Å². The van der Waals surface area contributed by atoms with Crippen LogP contribution >= 0.6 is 0 Å². The zero-order valence-corrected chi connectivity index (χ0v) is 12.4. The van der Waals surface area contributed by atoms with Gasteiger partial charge < -0.3 is 14.3 Å². The van der Waals surface area contributed by atoms with E-state index in [9.17, 15) is 4.79 Å². The lowest BCUT2D eigenvalue weighted by Gasteiger charge is -2.03. The average Bonchev–Trinajstić information content (AvgIpc) is 2.43. The van der Waals surface area contributed by atoms with Crippen molar-refractivity contribution in [2.75, 3.05) is 13.4 Å². The fourth-order valence-electron chi connectivity index (χ4n) is 1.76. The molecule has 19 heavy (non-hydrogen) atoms. The first-order chi connectivity index (χ1) is 9.41. The van der Waals surface area contributed by atoms with Crippen LogP contribution in [-0.4, -0.2) is 19.7 Å². The molecule has 0 rings (SSSR count). The van der Waals surface area contributed by atoms with Crippen molar-refractivity contribution in [1.82, 2.24) is 0 Å². The van der Waals surface area contributed by atoms with E-state index in [1.54, 1.807) is 6.26 Å². The minimum Gasteiger partial charge on any atom is -0.475 e. The Hall–Kier alpha value is -0.830. The van der Waals surface area contributed by atoms with E-state index in [1.165, 1.54) is 25.7 Å². The summed E-state index contributed by atoms with van der Waals surface area (Å²) < 4.78 is 10.6. The van der Waals surface area contributed by atoms with Gasteiger partial charge in [-0.15, -0.1) is 0 Å². The molecule has 0 aliphatic carbocycles. The Morgan fingerprint density at radius 2 is 1.63 bits per heavy atom. The first kappa shape index (κ1) is 18.2. The molecule has 112 valence electrons. The maximum absolute atomic E-state index is 10.1. The molecule has 0 aliphatic rings. The smallest absolute Gasteiger partial charge is 0.188 e. The average molecular weight is 270 g/mol. The maximum Gasteiger partial charge on any atom is 0.188 e. The molecule has 0 aromatic rings. The molecule has 0 aromatic carbocycles. The first-order valence-corrected chi connectivity index (χ1v) is 7.69. The molecule has 0 atom stereocenters. The molecule has 0 aliphatic heterocycles. The largest absolute Gasteiger partial charge is 0.475 e. The molecule has 0 N–H and O–H groups in total. The molecule has 0 amide bonds. The van der Waals surface area contributed by atoms with Crippen molar-refractivity contribution < 1.29 is 14.3 Å². The van der Waals surface area contributed by atoms with Crippen molar-refractivity contribution in [1.29, 1.82) is 0 Å². The highest BCUT2D eigenvalue weighted by Crippen LogP contribution is 2.03. The Bertz CT molecular complexity index is 202. The number of carbonyl (C=O) groups excluding carboxylic acids is 1. The maximum atomic E-state index is 10.1. The van der Waals surface area contributed by atoms with E-state index in [-0.39, 0.29) is 0 Å². The van der Waals surface area contributed by atoms with Gasteiger partial charge in [-0.3, -0.25) is 0 Å². The zero-order chi connectivity index (χ0) is 14.0. The number of aldehydes is 1. The highest BCUT2D eigenvalue weighted by Gasteiger charge is 1.90. The number of ether oxygens (including phenoxy) is 2. The zero-order valence-electron chi connectivity index (χ0n) is 12.4. The molecular formula is C16H30O3. The van der Waals surface area contributed by atoms with Crippen molar-refractivity contribution >= 4 is 6.29 Å². The van der Waals surface area contributed by atoms with E-state index >= 15 is 0 Å². The van der Waals surface area contributed by atoms with Gasteiger partial charge in [-0.05, 0) is 31.8 Å². The number of hydrogen-bond donors (Lipinski definition) is 0. The Labute approximate surface area is 118 Å². The van der Waals surface area contributed by atoms with Crippen LogP contribution in [0, 0.1) is 0 Å². The SMILES string of the molecule is CCCCCCCOCOC=CCCCCCC=O. The molecule has 3 nitrogen and oxygen atoms in total. The van der Waals surface area contributed by atoms with Crippen LogP contribution in [0.3, 0.4) is 0 Å². The summed E-state index contributed by atoms with van der Waals surface area (Å²) in [5.41, 5.74) is 0. The van der Waals surface area contributed by atoms with Gasteiger partial charge in [0.1, 0.15) is 6.29 Å². The number of rotatable bonds is 15. The molecule has 0 fully saturated rings. The van der Waals surface area contributed by atoms with Crippen LogP contribution in [-0.2, 0) is 14.3 Å². The number of unbranched alkanes of at least 4 members (excludes halogenated alkanes) is 8. The molecule has 0 saturated heterocycles. The topological polar surface area (TPSA) is 35.5 Å². The van der Waals surface area contributed by atoms with E-state index in [4.69, 9.17) is 9.47 Å². The fraction of sp³-hybridized carbons (Fsp3) is 0.812. The minimum absolute atomic E-state index is 0.357. The van der Waals surface area contributed by atoms with Gasteiger partial charge >= 0.3 is 0 Å². The molecule has 0 spiro atoms. The molecule has 0 radical (unpaired) electrons. The van der Waals surface area contributed by atoms with Crippen molar-refractivity contribution in [2.24, 2.45) is 0 Å². The standard InChI is InChI=1S/C16H30O3/c1-2-3-4-8-11-14-18-16-19-15-12-9-6-5-7-10-13-17/h12-13,15H,2-11,14,16H2,1H3. The Kier molecular flexibility index (Phi) is 16.4. The fourth-order valence-corrected chi connectivity index (χ4v) is 1.76. The summed E-state index contributed by atoms with van der Waals surface area (Å²) in [5.74, 6) is 0. The van der Waals surface area contributed by atoms with Crippen molar-refractivity contribution in [3.8, 4) is 0 Å². The normalized spacial score (nSPS) is 11.0. The lowest BCUT2D eigenvalue weighted by Crippen LogP contribution is -1.97. The predicted molar refractivity (Wildman–Crippen MR) is 79.0 cm³/mol. The minimum atomic E-state index is 0.357. The van der Waals surface area contributed by atoms with Gasteiger partial charge in [0.2, 0.25) is 0 Å². The molecule has 0 unspecified atom stereocenters. The molecule has 3 heteroatoms. The van der Waals surface area contributed by atoms with Crippen molar-refractivity contribution in [2.45, 2.75) is 71.1 Å². The second kappa shape index (κ2) is 17.2. The number of hydrogen-bond acceptors (Lipinski definition) is 3. The summed E-state index contributed by atoms with van der Waals surface area (Å²) in [4.78, 5) is 10.1. The first-order valence-electron chi connectivity index (χ1n) is 7.69. The Morgan fingerprint density at radius 1 is 0.895 bits per heavy atom. The van der Waals surface area contributed by atoms with Gasteiger partial charge in [0.15, 0.2) is 6.79 Å². The highest BCUT2D eigenvalue weighted by atomic mass is 16.7. The summed E-state index contributed by atoms with van der Waals surface area (Å²) in [6, 6.07) is 0. The molecule has 0 bridgehead atoms. The van der Waals surface area contributed by atoms with E-state index in [1.807, 2.05) is 6.08 Å². The third kappa shape index (κ3) is 17.2. The van der Waals surface area contributed by atoms with Crippen molar-refractivity contribution in [3.05, 3.63) is 12.3 Å². The van der Waals surface area contributed by atoms with Crippen LogP contribution in [0.2, 0.25) is 0 Å². The lowest BCUT2D eigenvalue weighted by molar-refractivity contribution is -0.107. The van der Waals surface area contributed by atoms with E-state index in [2.05, 4.69) is 6.92 Å². The van der Waals surface area contributed by atoms with E-state index in [0.717, 1.165) is 45.0 Å². The summed E-state index contributed by atoms with van der Waals surface area (Å²) in [7, 11) is 0. The van der Waals surface area contributed by atoms with Crippen molar-refractivity contribution in [3.63, 3.8) is 0 Å². The van der Waals surface area contributed by atoms with Gasteiger partial charge in [0, 0.05) is 6.42 Å². The third-order valence-corrected chi connectivity index (χ3v) is 2.93. The monoisotopic (exact) mass is 270 g/mol. The highest BCUT2D eigenvalue weighted by molar-refractivity contribution is 5.48. The molecule has 0 aromatic heterocycles. The summed E-state index contributed by atoms with van der Waals surface area (Å²) in [6.45, 7) is 3.37. The van der Waals surface area contributed by atoms with Gasteiger partial charge in [0.05, 0.1) is 12.9 Å². The summed E-state index contributed by atoms with van der Waals surface area (Å²) in [5, 5.41) is 0. The van der Waals surface area contributed by atoms with Crippen LogP contribution in [0.4, 0.5) is 0 Å². The summed E-state index contributed by atoms with van der Waals surface area (Å²) in [6.07, 6.45) is 15.9. The van der Waals surface area contributed by atoms with E-state index in [0.29, 0.717) is 13.2 Å². The number of carbonyl (C=O) groups is 1. The van der Waals surface area contributed by atoms with E-state index < -0.39 is 0 Å². The molecular weight excluding hydrogens is 240 g/mol. The quantitative estimate of drug-likeness (QED) is 0.189. The van der Waals surface area contributed by atoms with Gasteiger partial charge in [0.25, 0.3) is 0 Å². The summed E-state index contributed by atoms with van der Waals surface area (Å²) >= 11 is 0. The Balaban J connectivity index is 3.02. The predicted octanol–water partition coefficient (Wildman–Crippen LogP) is 4.61. The van der Waals surface area contributed by atoms with Gasteiger partial charge in [-0.1, -0.05) is 39.0 Å². The van der Waals surface area contributed by atoms with Crippen LogP contribution in [0.1, 0.15) is 71.1 Å². The van der Waals surface area contributed by atoms with Gasteiger partial charge in [-0.25, -0.2) is 0 Å². The van der Waals surface area contributed by atoms with Gasteiger partial charge in [-0.2, -0.15) is 0 Å². The Morgan fingerprint density at radius 3 is 2.42 bits per heavy atom. The third-order valence-electron chi connectivity index (χ3n) is 2.93. The van der Waals surface area contributed by atoms with Crippen LogP contribution in [0.15, 0.2) is 12.3 Å². The molecule has 0 saturated carbocycles. The lowest BCUT2D eigenvalue weighted by atomic mass is 10.1. The number of allylic oxidation sites excluding steroid dienone is 1. The van der Waals surface area contributed by atoms with Crippen LogP contribution in [0.5, 0.6) is 0 Å².